The molecule has 0 amide bonds. The van der Waals surface area contributed by atoms with Gasteiger partial charge in [0.25, 0.3) is 0 Å². The summed E-state index contributed by atoms with van der Waals surface area (Å²) in [7, 11) is 0. The quantitative estimate of drug-likeness (QED) is 0.864. The number of piperazine rings is 1. The third-order valence-corrected chi connectivity index (χ3v) is 4.34. The number of benzene rings is 1. The molecule has 0 aliphatic carbocycles. The van der Waals surface area contributed by atoms with Crippen LogP contribution >= 0.6 is 15.9 Å². The van der Waals surface area contributed by atoms with Gasteiger partial charge in [-0.15, -0.1) is 0 Å². The molecule has 5 heteroatoms. The van der Waals surface area contributed by atoms with Crippen molar-refractivity contribution < 1.29 is 9.50 Å². The lowest BCUT2D eigenvalue weighted by atomic mass is 9.80. The second-order valence-electron chi connectivity index (χ2n) is 6.35. The molecule has 1 aromatic rings. The lowest BCUT2D eigenvalue weighted by Crippen LogP contribution is -2.48. The Balaban J connectivity index is 2.44. The van der Waals surface area contributed by atoms with E-state index in [2.05, 4.69) is 46.9 Å². The monoisotopic (exact) mass is 344 g/mol. The molecular formula is C15H22BrFN2O. The zero-order valence-corrected chi connectivity index (χ0v) is 13.8. The molecular weight excluding hydrogens is 323 g/mol. The van der Waals surface area contributed by atoms with Crippen molar-refractivity contribution in [3.8, 4) is 5.75 Å². The van der Waals surface area contributed by atoms with E-state index in [1.807, 2.05) is 6.07 Å². The molecule has 112 valence electrons. The molecule has 1 aliphatic heterocycles. The number of halogens is 2. The first-order valence-electron chi connectivity index (χ1n) is 6.94. The van der Waals surface area contributed by atoms with Gasteiger partial charge in [-0.3, -0.25) is 4.90 Å². The number of hydrogen-bond acceptors (Lipinski definition) is 3. The van der Waals surface area contributed by atoms with Crippen LogP contribution < -0.4 is 5.32 Å². The number of rotatable bonds is 2. The normalized spacial score (nSPS) is 19.1. The van der Waals surface area contributed by atoms with E-state index in [9.17, 15) is 9.50 Å². The van der Waals surface area contributed by atoms with Crippen LogP contribution in [0, 0.1) is 11.2 Å². The van der Waals surface area contributed by atoms with Gasteiger partial charge in [-0.05, 0) is 27.4 Å². The predicted octanol–water partition coefficient (Wildman–Crippen LogP) is 3.29. The first kappa shape index (κ1) is 15.7. The number of phenolic OH excluding ortho intramolecular Hbond substituents is 1. The Bertz CT molecular complexity index is 481. The summed E-state index contributed by atoms with van der Waals surface area (Å²) in [5, 5.41) is 13.5. The lowest BCUT2D eigenvalue weighted by Gasteiger charge is -2.42. The van der Waals surface area contributed by atoms with E-state index in [1.54, 1.807) is 6.07 Å². The summed E-state index contributed by atoms with van der Waals surface area (Å²) >= 11 is 3.12. The maximum atomic E-state index is 14.0. The standard InChI is InChI=1S/C15H22BrFN2O/c1-15(2,3)14(19-8-6-18-7-9-19)10-4-5-11(16)12(17)13(10)20/h4-5,14,18,20H,6-9H2,1-3H3/t14-/m0/s1. The van der Waals surface area contributed by atoms with Crippen molar-refractivity contribution in [2.24, 2.45) is 5.41 Å². The fourth-order valence-electron chi connectivity index (χ4n) is 2.93. The van der Waals surface area contributed by atoms with Gasteiger partial charge in [0, 0.05) is 37.8 Å². The molecule has 0 unspecified atom stereocenters. The Morgan fingerprint density at radius 3 is 2.45 bits per heavy atom. The summed E-state index contributed by atoms with van der Waals surface area (Å²) in [4.78, 5) is 2.32. The number of hydrogen-bond donors (Lipinski definition) is 2. The van der Waals surface area contributed by atoms with E-state index in [4.69, 9.17) is 0 Å². The minimum atomic E-state index is -0.577. The third kappa shape index (κ3) is 3.15. The van der Waals surface area contributed by atoms with Gasteiger partial charge < -0.3 is 10.4 Å². The molecule has 1 heterocycles. The van der Waals surface area contributed by atoms with Crippen LogP contribution in [0.15, 0.2) is 16.6 Å². The smallest absolute Gasteiger partial charge is 0.179 e. The zero-order chi connectivity index (χ0) is 14.9. The molecule has 0 aromatic heterocycles. The first-order valence-corrected chi connectivity index (χ1v) is 7.73. The Morgan fingerprint density at radius 1 is 1.30 bits per heavy atom. The Labute approximate surface area is 128 Å². The van der Waals surface area contributed by atoms with Crippen LogP contribution in [0.5, 0.6) is 5.75 Å². The van der Waals surface area contributed by atoms with Gasteiger partial charge in [-0.1, -0.05) is 26.8 Å². The van der Waals surface area contributed by atoms with Crippen molar-refractivity contribution >= 4 is 15.9 Å². The summed E-state index contributed by atoms with van der Waals surface area (Å²) < 4.78 is 14.3. The molecule has 0 bridgehead atoms. The van der Waals surface area contributed by atoms with E-state index in [-0.39, 0.29) is 17.2 Å². The van der Waals surface area contributed by atoms with E-state index in [1.165, 1.54) is 0 Å². The molecule has 0 saturated carbocycles. The van der Waals surface area contributed by atoms with E-state index >= 15 is 0 Å². The molecule has 0 spiro atoms. The summed E-state index contributed by atoms with van der Waals surface area (Å²) in [5.74, 6) is -0.815. The van der Waals surface area contributed by atoms with Crippen molar-refractivity contribution in [1.29, 1.82) is 0 Å². The summed E-state index contributed by atoms with van der Waals surface area (Å²) in [5.41, 5.74) is 0.579. The van der Waals surface area contributed by atoms with Gasteiger partial charge in [0.15, 0.2) is 11.6 Å². The Hall–Kier alpha value is -0.650. The molecule has 20 heavy (non-hydrogen) atoms. The molecule has 1 fully saturated rings. The van der Waals surface area contributed by atoms with Crippen LogP contribution in [-0.4, -0.2) is 36.2 Å². The molecule has 2 rings (SSSR count). The predicted molar refractivity (Wildman–Crippen MR) is 82.4 cm³/mol. The van der Waals surface area contributed by atoms with Gasteiger partial charge in [0.2, 0.25) is 0 Å². The van der Waals surface area contributed by atoms with E-state index < -0.39 is 5.82 Å². The van der Waals surface area contributed by atoms with Crippen LogP contribution in [0.2, 0.25) is 0 Å². The van der Waals surface area contributed by atoms with E-state index in [0.29, 0.717) is 10.0 Å². The first-order chi connectivity index (χ1) is 9.32. The van der Waals surface area contributed by atoms with Gasteiger partial charge in [0.1, 0.15) is 0 Å². The molecule has 1 saturated heterocycles. The highest BCUT2D eigenvalue weighted by atomic mass is 79.9. The number of aromatic hydroxyl groups is 1. The molecule has 3 nitrogen and oxygen atoms in total. The highest BCUT2D eigenvalue weighted by Crippen LogP contribution is 2.43. The van der Waals surface area contributed by atoms with Gasteiger partial charge in [0.05, 0.1) is 4.47 Å². The molecule has 0 radical (unpaired) electrons. The molecule has 1 aromatic carbocycles. The summed E-state index contributed by atoms with van der Waals surface area (Å²) in [6.07, 6.45) is 0. The largest absolute Gasteiger partial charge is 0.505 e. The second kappa shape index (κ2) is 6.00. The van der Waals surface area contributed by atoms with Crippen LogP contribution in [0.3, 0.4) is 0 Å². The van der Waals surface area contributed by atoms with Crippen LogP contribution in [0.1, 0.15) is 32.4 Å². The SMILES string of the molecule is CC(C)(C)[C@H](c1ccc(Br)c(F)c1O)N1CCNCC1. The highest BCUT2D eigenvalue weighted by molar-refractivity contribution is 9.10. The van der Waals surface area contributed by atoms with Gasteiger partial charge in [-0.2, -0.15) is 0 Å². The average molecular weight is 345 g/mol. The van der Waals surface area contributed by atoms with Crippen LogP contribution in [0.4, 0.5) is 4.39 Å². The van der Waals surface area contributed by atoms with Crippen molar-refractivity contribution in [1.82, 2.24) is 10.2 Å². The van der Waals surface area contributed by atoms with Crippen molar-refractivity contribution in [3.63, 3.8) is 0 Å². The maximum absolute atomic E-state index is 14.0. The van der Waals surface area contributed by atoms with Crippen molar-refractivity contribution in [2.75, 3.05) is 26.2 Å². The summed E-state index contributed by atoms with van der Waals surface area (Å²) in [6.45, 7) is 10.0. The lowest BCUT2D eigenvalue weighted by molar-refractivity contribution is 0.0838. The van der Waals surface area contributed by atoms with Crippen molar-refractivity contribution in [2.45, 2.75) is 26.8 Å². The Kier molecular flexibility index (Phi) is 4.72. The Morgan fingerprint density at radius 2 is 1.90 bits per heavy atom. The van der Waals surface area contributed by atoms with Crippen LogP contribution in [0.25, 0.3) is 0 Å². The topological polar surface area (TPSA) is 35.5 Å². The minimum Gasteiger partial charge on any atom is -0.505 e. The van der Waals surface area contributed by atoms with Gasteiger partial charge in [-0.25, -0.2) is 4.39 Å². The zero-order valence-electron chi connectivity index (χ0n) is 12.2. The number of phenols is 1. The molecule has 1 aliphatic rings. The average Bonchev–Trinajstić information content (AvgIpc) is 2.39. The number of nitrogens with zero attached hydrogens (tertiary/aromatic N) is 1. The van der Waals surface area contributed by atoms with E-state index in [0.717, 1.165) is 26.2 Å². The van der Waals surface area contributed by atoms with Gasteiger partial charge >= 0.3 is 0 Å². The van der Waals surface area contributed by atoms with Crippen LogP contribution in [-0.2, 0) is 0 Å². The number of nitrogens with one attached hydrogen (secondary N) is 1. The fourth-order valence-corrected chi connectivity index (χ4v) is 3.25. The third-order valence-electron chi connectivity index (χ3n) is 3.73. The molecule has 1 atom stereocenters. The minimum absolute atomic E-state index is 0.00722. The fraction of sp³-hybridized carbons (Fsp3) is 0.600. The molecule has 2 N–H and O–H groups in total. The maximum Gasteiger partial charge on any atom is 0.179 e. The second-order valence-corrected chi connectivity index (χ2v) is 7.21. The summed E-state index contributed by atoms with van der Waals surface area (Å²) in [6, 6.07) is 3.48. The highest BCUT2D eigenvalue weighted by Gasteiger charge is 2.35. The van der Waals surface area contributed by atoms with Crippen molar-refractivity contribution in [3.05, 3.63) is 28.0 Å².